The summed E-state index contributed by atoms with van der Waals surface area (Å²) in [6.07, 6.45) is 2.62. The summed E-state index contributed by atoms with van der Waals surface area (Å²) in [5, 5.41) is 12.3. The quantitative estimate of drug-likeness (QED) is 0.891. The van der Waals surface area contributed by atoms with E-state index in [0.717, 1.165) is 23.4 Å². The van der Waals surface area contributed by atoms with Crippen molar-refractivity contribution in [2.75, 3.05) is 0 Å². The van der Waals surface area contributed by atoms with E-state index >= 15 is 0 Å². The lowest BCUT2D eigenvalue weighted by atomic mass is 10.2. The summed E-state index contributed by atoms with van der Waals surface area (Å²) in [5.74, 6) is 1.60. The fraction of sp³-hybridized carbons (Fsp3) is 0.429. The van der Waals surface area contributed by atoms with Gasteiger partial charge in [-0.05, 0) is 18.6 Å². The highest BCUT2D eigenvalue weighted by Crippen LogP contribution is 2.13. The van der Waals surface area contributed by atoms with E-state index < -0.39 is 0 Å². The van der Waals surface area contributed by atoms with Gasteiger partial charge in [0.15, 0.2) is 0 Å². The zero-order chi connectivity index (χ0) is 13.8. The van der Waals surface area contributed by atoms with Crippen molar-refractivity contribution in [1.29, 1.82) is 5.26 Å². The summed E-state index contributed by atoms with van der Waals surface area (Å²) < 4.78 is 7.42. The summed E-state index contributed by atoms with van der Waals surface area (Å²) in [7, 11) is 1.90. The molecule has 2 rings (SSSR count). The fourth-order valence-electron chi connectivity index (χ4n) is 1.95. The molecule has 0 unspecified atom stereocenters. The summed E-state index contributed by atoms with van der Waals surface area (Å²) in [6, 6.07) is 4.09. The minimum atomic E-state index is 0.593. The molecule has 0 spiro atoms. The van der Waals surface area contributed by atoms with Crippen LogP contribution in [0.1, 0.15) is 35.5 Å². The van der Waals surface area contributed by atoms with E-state index in [1.54, 1.807) is 6.20 Å². The molecule has 0 radical (unpaired) electrons. The molecule has 0 atom stereocenters. The Kier molecular flexibility index (Phi) is 4.03. The van der Waals surface area contributed by atoms with Gasteiger partial charge >= 0.3 is 0 Å². The third-order valence-corrected chi connectivity index (χ3v) is 3.30. The maximum absolute atomic E-state index is 8.97. The van der Waals surface area contributed by atoms with Crippen LogP contribution in [0.3, 0.4) is 0 Å². The summed E-state index contributed by atoms with van der Waals surface area (Å²) in [4.78, 5) is 4.19. The Hall–Kier alpha value is -2.06. The zero-order valence-electron chi connectivity index (χ0n) is 11.5. The third kappa shape index (κ3) is 2.85. The maximum Gasteiger partial charge on any atom is 0.208 e. The third-order valence-electron chi connectivity index (χ3n) is 3.30. The van der Waals surface area contributed by atoms with E-state index in [4.69, 9.17) is 9.68 Å². The molecule has 0 amide bonds. The first-order valence-electron chi connectivity index (χ1n) is 6.35. The van der Waals surface area contributed by atoms with Gasteiger partial charge in [0.05, 0.1) is 12.7 Å². The Balaban J connectivity index is 1.94. The monoisotopic (exact) mass is 258 g/mol. The summed E-state index contributed by atoms with van der Waals surface area (Å²) in [5.41, 5.74) is 2.91. The molecule has 0 aliphatic carbocycles. The van der Waals surface area contributed by atoms with Gasteiger partial charge in [0, 0.05) is 25.7 Å². The molecule has 100 valence electrons. The molecule has 0 fully saturated rings. The summed E-state index contributed by atoms with van der Waals surface area (Å²) in [6.45, 7) is 5.34. The van der Waals surface area contributed by atoms with Crippen LogP contribution in [0.5, 0.6) is 0 Å². The van der Waals surface area contributed by atoms with Gasteiger partial charge in [-0.3, -0.25) is 0 Å². The number of aromatic nitrogens is 2. The molecule has 0 aliphatic heterocycles. The van der Waals surface area contributed by atoms with Gasteiger partial charge in [0.25, 0.3) is 0 Å². The number of nitrogens with one attached hydrogen (secondary N) is 1. The average Bonchev–Trinajstić information content (AvgIpc) is 2.98. The van der Waals surface area contributed by atoms with E-state index in [9.17, 15) is 0 Å². The second-order valence-electron chi connectivity index (χ2n) is 4.49. The number of nitriles is 1. The molecule has 0 saturated heterocycles. The minimum Gasteiger partial charge on any atom is -0.444 e. The van der Waals surface area contributed by atoms with E-state index in [1.807, 2.05) is 31.5 Å². The predicted octanol–water partition coefficient (Wildman–Crippen LogP) is 2.05. The Bertz CT molecular complexity index is 603. The van der Waals surface area contributed by atoms with Crippen LogP contribution >= 0.6 is 0 Å². The molecule has 5 heteroatoms. The fourth-order valence-corrected chi connectivity index (χ4v) is 1.95. The predicted molar refractivity (Wildman–Crippen MR) is 71.3 cm³/mol. The number of nitrogens with zero attached hydrogens (tertiary/aromatic N) is 3. The van der Waals surface area contributed by atoms with Gasteiger partial charge in [0.1, 0.15) is 17.5 Å². The van der Waals surface area contributed by atoms with Gasteiger partial charge in [0.2, 0.25) is 5.89 Å². The van der Waals surface area contributed by atoms with Crippen molar-refractivity contribution in [3.8, 4) is 6.07 Å². The van der Waals surface area contributed by atoms with E-state index in [1.165, 1.54) is 0 Å². The average molecular weight is 258 g/mol. The number of rotatable bonds is 5. The second kappa shape index (κ2) is 5.72. The van der Waals surface area contributed by atoms with Crippen LogP contribution in [-0.2, 0) is 26.6 Å². The lowest BCUT2D eigenvalue weighted by Crippen LogP contribution is -2.13. The van der Waals surface area contributed by atoms with Crippen LogP contribution in [0.15, 0.2) is 16.7 Å². The highest BCUT2D eigenvalue weighted by Gasteiger charge is 2.08. The first-order valence-corrected chi connectivity index (χ1v) is 6.35. The van der Waals surface area contributed by atoms with E-state index in [0.29, 0.717) is 24.7 Å². The lowest BCUT2D eigenvalue weighted by Gasteiger charge is -2.03. The highest BCUT2D eigenvalue weighted by molar-refractivity contribution is 5.34. The number of hydrogen-bond acceptors (Lipinski definition) is 4. The zero-order valence-corrected chi connectivity index (χ0v) is 11.5. The smallest absolute Gasteiger partial charge is 0.208 e. The topological polar surface area (TPSA) is 66.8 Å². The van der Waals surface area contributed by atoms with Crippen LogP contribution in [0.25, 0.3) is 0 Å². The van der Waals surface area contributed by atoms with E-state index in [-0.39, 0.29) is 0 Å². The van der Waals surface area contributed by atoms with Gasteiger partial charge in [-0.1, -0.05) is 6.92 Å². The minimum absolute atomic E-state index is 0.593. The Morgan fingerprint density at radius 2 is 2.26 bits per heavy atom. The van der Waals surface area contributed by atoms with Gasteiger partial charge in [-0.15, -0.1) is 0 Å². The van der Waals surface area contributed by atoms with Crippen LogP contribution in [-0.4, -0.2) is 9.55 Å². The normalized spacial score (nSPS) is 10.6. The Morgan fingerprint density at radius 1 is 1.47 bits per heavy atom. The van der Waals surface area contributed by atoms with Crippen molar-refractivity contribution in [3.63, 3.8) is 0 Å². The van der Waals surface area contributed by atoms with Crippen molar-refractivity contribution in [2.24, 2.45) is 7.05 Å². The van der Waals surface area contributed by atoms with Crippen molar-refractivity contribution < 1.29 is 4.42 Å². The molecule has 0 bridgehead atoms. The number of aryl methyl sites for hydroxylation is 1. The first kappa shape index (κ1) is 13.4. The summed E-state index contributed by atoms with van der Waals surface area (Å²) >= 11 is 0. The first-order chi connectivity index (χ1) is 9.15. The van der Waals surface area contributed by atoms with Crippen molar-refractivity contribution >= 4 is 0 Å². The van der Waals surface area contributed by atoms with Crippen LogP contribution < -0.4 is 5.32 Å². The van der Waals surface area contributed by atoms with Crippen LogP contribution in [0.4, 0.5) is 0 Å². The molecule has 5 nitrogen and oxygen atoms in total. The van der Waals surface area contributed by atoms with Crippen LogP contribution in [0, 0.1) is 18.3 Å². The van der Waals surface area contributed by atoms with Gasteiger partial charge in [-0.2, -0.15) is 5.26 Å². The van der Waals surface area contributed by atoms with Gasteiger partial charge < -0.3 is 14.3 Å². The molecule has 0 aromatic carbocycles. The number of oxazole rings is 1. The molecule has 1 N–H and O–H groups in total. The molecule has 0 aliphatic rings. The standard InChI is InChI=1S/C14H18N4O/c1-4-13-8-17-14(19-13)9-16-7-11-5-12(6-15)18(3)10(11)2/h5,8,16H,4,7,9H2,1-3H3. The molecule has 19 heavy (non-hydrogen) atoms. The van der Waals surface area contributed by atoms with Crippen molar-refractivity contribution in [1.82, 2.24) is 14.9 Å². The largest absolute Gasteiger partial charge is 0.444 e. The molecule has 2 heterocycles. The Labute approximate surface area is 112 Å². The van der Waals surface area contributed by atoms with Crippen LogP contribution in [0.2, 0.25) is 0 Å². The lowest BCUT2D eigenvalue weighted by molar-refractivity contribution is 0.439. The molecular weight excluding hydrogens is 240 g/mol. The van der Waals surface area contributed by atoms with Gasteiger partial charge in [-0.25, -0.2) is 4.98 Å². The molecule has 2 aromatic rings. The van der Waals surface area contributed by atoms with E-state index in [2.05, 4.69) is 16.4 Å². The van der Waals surface area contributed by atoms with Crippen molar-refractivity contribution in [3.05, 3.63) is 40.9 Å². The molecular formula is C14H18N4O. The highest BCUT2D eigenvalue weighted by atomic mass is 16.4. The van der Waals surface area contributed by atoms with Crippen molar-refractivity contribution in [2.45, 2.75) is 33.4 Å². The second-order valence-corrected chi connectivity index (χ2v) is 4.49. The number of hydrogen-bond donors (Lipinski definition) is 1. The maximum atomic E-state index is 8.97. The Morgan fingerprint density at radius 3 is 2.84 bits per heavy atom. The molecule has 2 aromatic heterocycles. The SMILES string of the molecule is CCc1cnc(CNCc2cc(C#N)n(C)c2C)o1. The molecule has 0 saturated carbocycles.